The third-order valence-electron chi connectivity index (χ3n) is 5.97. The van der Waals surface area contributed by atoms with Gasteiger partial charge in [-0.1, -0.05) is 11.6 Å². The van der Waals surface area contributed by atoms with Gasteiger partial charge in [0.05, 0.1) is 22.3 Å². The fourth-order valence-corrected chi connectivity index (χ4v) is 4.30. The molecule has 0 atom stereocenters. The number of carbonyl (C=O) groups is 2. The van der Waals surface area contributed by atoms with Crippen LogP contribution in [0.25, 0.3) is 11.0 Å². The zero-order valence-corrected chi connectivity index (χ0v) is 18.4. The number of nitrogens with two attached hydrogens (primary N) is 1. The molecule has 31 heavy (non-hydrogen) atoms. The quantitative estimate of drug-likeness (QED) is 0.656. The van der Waals surface area contributed by atoms with E-state index < -0.39 is 5.91 Å². The number of halogens is 1. The number of imidazole rings is 1. The molecule has 2 aromatic heterocycles. The molecule has 0 bridgehead atoms. The number of primary amides is 1. The summed E-state index contributed by atoms with van der Waals surface area (Å²) in [6, 6.07) is 5.63. The topological polar surface area (TPSA) is 107 Å². The summed E-state index contributed by atoms with van der Waals surface area (Å²) in [5, 5.41) is 0.652. The monoisotopic (exact) mass is 440 g/mol. The van der Waals surface area contributed by atoms with E-state index in [0.29, 0.717) is 48.0 Å². The Morgan fingerprint density at radius 1 is 1.23 bits per heavy atom. The average molecular weight is 441 g/mol. The highest BCUT2D eigenvalue weighted by atomic mass is 35.5. The summed E-state index contributed by atoms with van der Waals surface area (Å²) in [6.07, 6.45) is 4.09. The molecule has 0 unspecified atom stereocenters. The minimum atomic E-state index is -0.520. The third-order valence-corrected chi connectivity index (χ3v) is 6.21. The van der Waals surface area contributed by atoms with Crippen molar-refractivity contribution in [3.05, 3.63) is 52.3 Å². The van der Waals surface area contributed by atoms with Crippen molar-refractivity contribution in [1.29, 1.82) is 0 Å². The third kappa shape index (κ3) is 4.39. The summed E-state index contributed by atoms with van der Waals surface area (Å²) in [5.41, 5.74) is 8.12. The number of aryl methyl sites for hydroxylation is 3. The van der Waals surface area contributed by atoms with Gasteiger partial charge in [-0.3, -0.25) is 9.59 Å². The molecule has 1 aliphatic heterocycles. The van der Waals surface area contributed by atoms with E-state index in [1.54, 1.807) is 6.92 Å². The highest BCUT2D eigenvalue weighted by molar-refractivity contribution is 6.31. The second-order valence-corrected chi connectivity index (χ2v) is 8.40. The second kappa shape index (κ2) is 8.63. The van der Waals surface area contributed by atoms with Gasteiger partial charge in [0.15, 0.2) is 0 Å². The Morgan fingerprint density at radius 3 is 2.65 bits per heavy atom. The number of hydrogen-bond donors (Lipinski definition) is 1. The number of piperidine rings is 1. The van der Waals surface area contributed by atoms with Crippen LogP contribution in [0.4, 0.5) is 0 Å². The van der Waals surface area contributed by atoms with Crippen LogP contribution in [-0.2, 0) is 18.3 Å². The largest absolute Gasteiger partial charge is 0.365 e. The number of rotatable bonds is 5. The van der Waals surface area contributed by atoms with Crippen molar-refractivity contribution in [1.82, 2.24) is 24.4 Å². The van der Waals surface area contributed by atoms with E-state index in [1.807, 2.05) is 34.7 Å². The van der Waals surface area contributed by atoms with Crippen molar-refractivity contribution in [3.8, 4) is 0 Å². The molecular weight excluding hydrogens is 416 g/mol. The van der Waals surface area contributed by atoms with E-state index in [2.05, 4.69) is 15.0 Å². The highest BCUT2D eigenvalue weighted by Crippen LogP contribution is 2.27. The second-order valence-electron chi connectivity index (χ2n) is 7.97. The van der Waals surface area contributed by atoms with E-state index in [4.69, 9.17) is 17.3 Å². The Morgan fingerprint density at radius 2 is 1.97 bits per heavy atom. The number of likely N-dealkylation sites (tertiary alicyclic amines) is 1. The summed E-state index contributed by atoms with van der Waals surface area (Å²) in [6.45, 7) is 3.10. The van der Waals surface area contributed by atoms with Crippen LogP contribution >= 0.6 is 11.6 Å². The fraction of sp³-hybridized carbons (Fsp3) is 0.409. The smallest absolute Gasteiger partial charge is 0.252 e. The Hall–Kier alpha value is -3.00. The van der Waals surface area contributed by atoms with Crippen LogP contribution in [0.1, 0.15) is 52.9 Å². The van der Waals surface area contributed by atoms with E-state index >= 15 is 0 Å². The van der Waals surface area contributed by atoms with Gasteiger partial charge in [0.25, 0.3) is 5.91 Å². The zero-order valence-electron chi connectivity index (χ0n) is 17.6. The number of benzene rings is 1. The molecule has 1 aliphatic rings. The molecule has 4 rings (SSSR count). The maximum Gasteiger partial charge on any atom is 0.252 e. The molecule has 9 heteroatoms. The maximum atomic E-state index is 12.8. The number of aromatic nitrogens is 4. The van der Waals surface area contributed by atoms with Crippen molar-refractivity contribution < 1.29 is 9.59 Å². The Labute approximate surface area is 185 Å². The summed E-state index contributed by atoms with van der Waals surface area (Å²) < 4.78 is 2.01. The Kier molecular flexibility index (Phi) is 5.91. The van der Waals surface area contributed by atoms with Crippen LogP contribution in [0, 0.1) is 6.92 Å². The predicted octanol–water partition coefficient (Wildman–Crippen LogP) is 2.76. The van der Waals surface area contributed by atoms with Gasteiger partial charge in [-0.25, -0.2) is 15.0 Å². The lowest BCUT2D eigenvalue weighted by Gasteiger charge is -2.31. The minimum Gasteiger partial charge on any atom is -0.365 e. The van der Waals surface area contributed by atoms with Crippen molar-refractivity contribution in [2.75, 3.05) is 13.1 Å². The van der Waals surface area contributed by atoms with Crippen LogP contribution in [0.15, 0.2) is 24.4 Å². The van der Waals surface area contributed by atoms with Crippen molar-refractivity contribution in [2.24, 2.45) is 12.8 Å². The lowest BCUT2D eigenvalue weighted by atomic mass is 9.95. The molecular formula is C22H25ClN6O2. The molecule has 8 nitrogen and oxygen atoms in total. The van der Waals surface area contributed by atoms with Gasteiger partial charge in [-0.15, -0.1) is 0 Å². The first-order valence-corrected chi connectivity index (χ1v) is 10.7. The maximum absolute atomic E-state index is 12.8. The van der Waals surface area contributed by atoms with Crippen LogP contribution in [0.2, 0.25) is 5.02 Å². The molecule has 1 aromatic carbocycles. The van der Waals surface area contributed by atoms with E-state index in [1.165, 1.54) is 6.20 Å². The van der Waals surface area contributed by atoms with Crippen molar-refractivity contribution >= 4 is 34.4 Å². The average Bonchev–Trinajstić information content (AvgIpc) is 3.06. The molecule has 0 spiro atoms. The molecule has 3 aromatic rings. The van der Waals surface area contributed by atoms with Crippen LogP contribution in [0.3, 0.4) is 0 Å². The van der Waals surface area contributed by atoms with E-state index in [0.717, 1.165) is 29.7 Å². The molecule has 162 valence electrons. The van der Waals surface area contributed by atoms with Crippen molar-refractivity contribution in [3.63, 3.8) is 0 Å². The van der Waals surface area contributed by atoms with Gasteiger partial charge in [-0.2, -0.15) is 0 Å². The lowest BCUT2D eigenvalue weighted by molar-refractivity contribution is -0.132. The highest BCUT2D eigenvalue weighted by Gasteiger charge is 2.26. The molecule has 2 N–H and O–H groups in total. The first kappa shape index (κ1) is 21.2. The molecule has 2 amide bonds. The first-order chi connectivity index (χ1) is 14.8. The molecule has 1 saturated heterocycles. The van der Waals surface area contributed by atoms with Gasteiger partial charge < -0.3 is 15.2 Å². The molecule has 1 fully saturated rings. The predicted molar refractivity (Wildman–Crippen MR) is 118 cm³/mol. The minimum absolute atomic E-state index is 0.129. The van der Waals surface area contributed by atoms with E-state index in [9.17, 15) is 9.59 Å². The van der Waals surface area contributed by atoms with Gasteiger partial charge in [0, 0.05) is 50.1 Å². The van der Waals surface area contributed by atoms with Gasteiger partial charge in [0.2, 0.25) is 5.91 Å². The standard InChI is InChI=1S/C22H25ClN6O2/c1-13-16(21(24)31)12-25-22(26-13)14-7-9-29(10-8-14)20(30)6-5-19-27-17-11-15(23)3-4-18(17)28(19)2/h3-4,11-12,14H,5-10H2,1-2H3,(H2,24,31). The first-order valence-electron chi connectivity index (χ1n) is 10.4. The normalized spacial score (nSPS) is 14.9. The molecule has 0 saturated carbocycles. The van der Waals surface area contributed by atoms with Crippen molar-refractivity contribution in [2.45, 2.75) is 38.5 Å². The fourth-order valence-electron chi connectivity index (χ4n) is 4.13. The molecule has 0 radical (unpaired) electrons. The summed E-state index contributed by atoms with van der Waals surface area (Å²) in [4.78, 5) is 39.4. The molecule has 3 heterocycles. The van der Waals surface area contributed by atoms with Crippen LogP contribution in [-0.4, -0.2) is 49.3 Å². The lowest BCUT2D eigenvalue weighted by Crippen LogP contribution is -2.38. The summed E-state index contributed by atoms with van der Waals surface area (Å²) in [7, 11) is 1.96. The van der Waals surface area contributed by atoms with Crippen LogP contribution < -0.4 is 5.73 Å². The number of amides is 2. The number of carbonyl (C=O) groups excluding carboxylic acids is 2. The summed E-state index contributed by atoms with van der Waals surface area (Å²) >= 11 is 6.06. The van der Waals surface area contributed by atoms with Crippen LogP contribution in [0.5, 0.6) is 0 Å². The zero-order chi connectivity index (χ0) is 22.1. The van der Waals surface area contributed by atoms with Gasteiger partial charge >= 0.3 is 0 Å². The Bertz CT molecular complexity index is 1150. The van der Waals surface area contributed by atoms with Gasteiger partial charge in [0.1, 0.15) is 11.6 Å². The number of nitrogens with zero attached hydrogens (tertiary/aromatic N) is 5. The number of fused-ring (bicyclic) bond motifs is 1. The molecule has 0 aliphatic carbocycles. The number of hydrogen-bond acceptors (Lipinski definition) is 5. The Balaban J connectivity index is 1.34. The SMILES string of the molecule is Cc1nc(C2CCN(C(=O)CCc3nc4cc(Cl)ccc4n3C)CC2)ncc1C(N)=O. The van der Waals surface area contributed by atoms with E-state index in [-0.39, 0.29) is 11.8 Å². The summed E-state index contributed by atoms with van der Waals surface area (Å²) in [5.74, 6) is 1.37. The van der Waals surface area contributed by atoms with Gasteiger partial charge in [-0.05, 0) is 38.0 Å².